The lowest BCUT2D eigenvalue weighted by atomic mass is 9.91. The van der Waals surface area contributed by atoms with Crippen LogP contribution in [0.3, 0.4) is 0 Å². The molecular formula is C22H21F3N4O3. The Morgan fingerprint density at radius 2 is 1.94 bits per heavy atom. The van der Waals surface area contributed by atoms with Gasteiger partial charge >= 0.3 is 6.18 Å². The van der Waals surface area contributed by atoms with Crippen LogP contribution in [0.1, 0.15) is 56.4 Å². The highest BCUT2D eigenvalue weighted by molar-refractivity contribution is 6.06. The number of likely N-dealkylation sites (tertiary alicyclic amines) is 1. The van der Waals surface area contributed by atoms with Gasteiger partial charge in [-0.3, -0.25) is 9.59 Å². The molecule has 1 N–H and O–H groups in total. The number of halogens is 3. The molecule has 1 fully saturated rings. The number of alkyl halides is 3. The van der Waals surface area contributed by atoms with Gasteiger partial charge < -0.3 is 14.7 Å². The summed E-state index contributed by atoms with van der Waals surface area (Å²) in [5, 5.41) is 7.28. The largest absolute Gasteiger partial charge is 0.416 e. The lowest BCUT2D eigenvalue weighted by molar-refractivity contribution is -0.137. The molecule has 1 saturated heterocycles. The van der Waals surface area contributed by atoms with Gasteiger partial charge in [-0.05, 0) is 50.1 Å². The van der Waals surface area contributed by atoms with E-state index >= 15 is 0 Å². The predicted molar refractivity (Wildman–Crippen MR) is 109 cm³/mol. The monoisotopic (exact) mass is 446 g/mol. The molecule has 1 atom stereocenters. The van der Waals surface area contributed by atoms with Crippen molar-refractivity contribution >= 4 is 22.9 Å². The van der Waals surface area contributed by atoms with Gasteiger partial charge in [0, 0.05) is 37.3 Å². The van der Waals surface area contributed by atoms with Gasteiger partial charge in [0.2, 0.25) is 0 Å². The number of piperidine rings is 1. The quantitative estimate of drug-likeness (QED) is 0.659. The highest BCUT2D eigenvalue weighted by Crippen LogP contribution is 2.34. The van der Waals surface area contributed by atoms with Crippen LogP contribution in [0.5, 0.6) is 0 Å². The minimum atomic E-state index is -4.46. The maximum atomic E-state index is 12.9. The Hall–Kier alpha value is -3.43. The molecule has 3 aromatic rings. The van der Waals surface area contributed by atoms with Crippen molar-refractivity contribution in [1.82, 2.24) is 20.4 Å². The SMILES string of the molecule is CNC(=O)c1cc(C)nc2onc(C3CCCN(C(=O)c4ccc(C(F)(F)F)cc4)C3)c12. The molecule has 0 spiro atoms. The van der Waals surface area contributed by atoms with Crippen molar-refractivity contribution in [3.8, 4) is 0 Å². The molecule has 168 valence electrons. The normalized spacial score (nSPS) is 16.9. The first kappa shape index (κ1) is 21.8. The van der Waals surface area contributed by atoms with Gasteiger partial charge in [-0.25, -0.2) is 4.98 Å². The molecule has 2 amide bonds. The number of nitrogens with zero attached hydrogens (tertiary/aromatic N) is 3. The van der Waals surface area contributed by atoms with Crippen molar-refractivity contribution in [3.05, 3.63) is 58.4 Å². The summed E-state index contributed by atoms with van der Waals surface area (Å²) >= 11 is 0. The van der Waals surface area contributed by atoms with E-state index in [4.69, 9.17) is 4.52 Å². The fourth-order valence-electron chi connectivity index (χ4n) is 4.06. The third-order valence-corrected chi connectivity index (χ3v) is 5.63. The molecule has 10 heteroatoms. The van der Waals surface area contributed by atoms with Gasteiger partial charge in [0.15, 0.2) is 0 Å². The first-order valence-corrected chi connectivity index (χ1v) is 10.1. The maximum Gasteiger partial charge on any atom is 0.416 e. The second-order valence-corrected chi connectivity index (χ2v) is 7.80. The zero-order valence-corrected chi connectivity index (χ0v) is 17.5. The average Bonchev–Trinajstić information content (AvgIpc) is 3.20. The van der Waals surface area contributed by atoms with Gasteiger partial charge in [-0.15, -0.1) is 0 Å². The number of hydrogen-bond acceptors (Lipinski definition) is 5. The van der Waals surface area contributed by atoms with E-state index in [0.29, 0.717) is 41.8 Å². The number of fused-ring (bicyclic) bond motifs is 1. The molecule has 7 nitrogen and oxygen atoms in total. The summed E-state index contributed by atoms with van der Waals surface area (Å²) in [5.41, 5.74) is 1.20. The lowest BCUT2D eigenvalue weighted by Gasteiger charge is -2.32. The van der Waals surface area contributed by atoms with Crippen LogP contribution in [0.2, 0.25) is 0 Å². The summed E-state index contributed by atoms with van der Waals surface area (Å²) < 4.78 is 43.8. The number of aryl methyl sites for hydroxylation is 1. The third-order valence-electron chi connectivity index (χ3n) is 5.63. The van der Waals surface area contributed by atoms with Crippen LogP contribution in [0.4, 0.5) is 13.2 Å². The van der Waals surface area contributed by atoms with Crippen LogP contribution >= 0.6 is 0 Å². The Bertz CT molecular complexity index is 1170. The molecule has 2 aromatic heterocycles. The number of nitrogens with one attached hydrogen (secondary N) is 1. The Kier molecular flexibility index (Phi) is 5.62. The second-order valence-electron chi connectivity index (χ2n) is 7.80. The molecule has 0 saturated carbocycles. The molecule has 1 aliphatic heterocycles. The van der Waals surface area contributed by atoms with Crippen LogP contribution in [-0.4, -0.2) is 47.0 Å². The fourth-order valence-corrected chi connectivity index (χ4v) is 4.06. The fraction of sp³-hybridized carbons (Fsp3) is 0.364. The molecule has 1 unspecified atom stereocenters. The predicted octanol–water partition coefficient (Wildman–Crippen LogP) is 3.93. The minimum Gasteiger partial charge on any atom is -0.355 e. The van der Waals surface area contributed by atoms with Gasteiger partial charge in [-0.1, -0.05) is 5.16 Å². The first-order chi connectivity index (χ1) is 15.2. The van der Waals surface area contributed by atoms with E-state index in [9.17, 15) is 22.8 Å². The molecule has 32 heavy (non-hydrogen) atoms. The van der Waals surface area contributed by atoms with E-state index in [2.05, 4.69) is 15.5 Å². The summed E-state index contributed by atoms with van der Waals surface area (Å²) in [7, 11) is 1.53. The standard InChI is InChI=1S/C22H21F3N4O3/c1-12-10-16(19(30)26-2)17-18(28-32-20(17)27-12)14-4-3-9-29(11-14)21(31)13-5-7-15(8-6-13)22(23,24)25/h5-8,10,14H,3-4,9,11H2,1-2H3,(H,26,30). The molecule has 3 heterocycles. The lowest BCUT2D eigenvalue weighted by Crippen LogP contribution is -2.39. The van der Waals surface area contributed by atoms with Crippen LogP contribution < -0.4 is 5.32 Å². The highest BCUT2D eigenvalue weighted by Gasteiger charge is 2.32. The Morgan fingerprint density at radius 3 is 2.59 bits per heavy atom. The van der Waals surface area contributed by atoms with Gasteiger partial charge in [-0.2, -0.15) is 13.2 Å². The smallest absolute Gasteiger partial charge is 0.355 e. The van der Waals surface area contributed by atoms with Crippen molar-refractivity contribution in [2.45, 2.75) is 31.9 Å². The molecule has 1 aliphatic rings. The van der Waals surface area contributed by atoms with Crippen molar-refractivity contribution in [2.24, 2.45) is 0 Å². The van der Waals surface area contributed by atoms with E-state index in [1.807, 2.05) is 0 Å². The molecule has 0 radical (unpaired) electrons. The van der Waals surface area contributed by atoms with E-state index in [-0.39, 0.29) is 29.0 Å². The summed E-state index contributed by atoms with van der Waals surface area (Å²) in [6, 6.07) is 5.86. The highest BCUT2D eigenvalue weighted by atomic mass is 19.4. The molecule has 0 aliphatic carbocycles. The summed E-state index contributed by atoms with van der Waals surface area (Å²) in [5.74, 6) is -0.841. The van der Waals surface area contributed by atoms with E-state index in [1.165, 1.54) is 19.2 Å². The third kappa shape index (κ3) is 4.04. The minimum absolute atomic E-state index is 0.187. The first-order valence-electron chi connectivity index (χ1n) is 10.1. The topological polar surface area (TPSA) is 88.3 Å². The maximum absolute atomic E-state index is 12.9. The number of aromatic nitrogens is 2. The van der Waals surface area contributed by atoms with Gasteiger partial charge in [0.25, 0.3) is 17.5 Å². The molecular weight excluding hydrogens is 425 g/mol. The number of amides is 2. The van der Waals surface area contributed by atoms with Crippen LogP contribution in [0.25, 0.3) is 11.1 Å². The number of pyridine rings is 1. The zero-order valence-electron chi connectivity index (χ0n) is 17.5. The number of carbonyl (C=O) groups excluding carboxylic acids is 2. The number of benzene rings is 1. The second kappa shape index (κ2) is 8.25. The zero-order chi connectivity index (χ0) is 23.0. The van der Waals surface area contributed by atoms with E-state index in [0.717, 1.165) is 18.6 Å². The van der Waals surface area contributed by atoms with Crippen LogP contribution in [-0.2, 0) is 6.18 Å². The van der Waals surface area contributed by atoms with Crippen molar-refractivity contribution < 1.29 is 27.3 Å². The van der Waals surface area contributed by atoms with Crippen LogP contribution in [0, 0.1) is 6.92 Å². The van der Waals surface area contributed by atoms with E-state index < -0.39 is 11.7 Å². The van der Waals surface area contributed by atoms with Crippen LogP contribution in [0.15, 0.2) is 34.9 Å². The summed E-state index contributed by atoms with van der Waals surface area (Å²) in [6.45, 7) is 2.54. The Balaban J connectivity index is 1.61. The average molecular weight is 446 g/mol. The van der Waals surface area contributed by atoms with Gasteiger partial charge in [0.1, 0.15) is 0 Å². The molecule has 4 rings (SSSR count). The Morgan fingerprint density at radius 1 is 1.22 bits per heavy atom. The van der Waals surface area contributed by atoms with Crippen molar-refractivity contribution in [1.29, 1.82) is 0 Å². The van der Waals surface area contributed by atoms with Crippen molar-refractivity contribution in [3.63, 3.8) is 0 Å². The molecule has 0 bridgehead atoms. The summed E-state index contributed by atoms with van der Waals surface area (Å²) in [6.07, 6.45) is -3.06. The van der Waals surface area contributed by atoms with Gasteiger partial charge in [0.05, 0.1) is 22.2 Å². The van der Waals surface area contributed by atoms with Crippen molar-refractivity contribution in [2.75, 3.05) is 20.1 Å². The Labute approximate surface area is 181 Å². The number of rotatable bonds is 3. The number of carbonyl (C=O) groups is 2. The van der Waals surface area contributed by atoms with E-state index in [1.54, 1.807) is 17.9 Å². The number of hydrogen-bond donors (Lipinski definition) is 1. The molecule has 1 aromatic carbocycles. The summed E-state index contributed by atoms with van der Waals surface area (Å²) in [4.78, 5) is 31.3.